The monoisotopic (exact) mass is 492 g/mol. The molecule has 0 saturated carbocycles. The third-order valence-electron chi connectivity index (χ3n) is 5.38. The van der Waals surface area contributed by atoms with Crippen LogP contribution in [0.4, 0.5) is 0 Å². The Morgan fingerprint density at radius 1 is 1.11 bits per heavy atom. The minimum atomic E-state index is -1.09. The molecule has 1 atom stereocenters. The summed E-state index contributed by atoms with van der Waals surface area (Å²) in [5.74, 6) is 0.286. The number of hydrogen-bond acceptors (Lipinski definition) is 10. The molecule has 0 radical (unpaired) electrons. The van der Waals surface area contributed by atoms with E-state index in [1.54, 1.807) is 0 Å². The van der Waals surface area contributed by atoms with Crippen LogP contribution in [-0.2, 0) is 24.9 Å². The van der Waals surface area contributed by atoms with Gasteiger partial charge in [0.25, 0.3) is 5.56 Å². The van der Waals surface area contributed by atoms with Gasteiger partial charge in [0.1, 0.15) is 0 Å². The summed E-state index contributed by atoms with van der Waals surface area (Å²) in [6.07, 6.45) is 0.421. The Kier molecular flexibility index (Phi) is 8.14. The second-order valence-corrected chi connectivity index (χ2v) is 7.61. The SMILES string of the molecule is COc1cc(C(=O)OCCCn2c(=O)c3c(ncn3C[C@@H](O)CO)n(C)c2=O)cc(OC)c1OC. The van der Waals surface area contributed by atoms with E-state index in [0.29, 0.717) is 17.2 Å². The summed E-state index contributed by atoms with van der Waals surface area (Å²) in [4.78, 5) is 42.3. The van der Waals surface area contributed by atoms with Crippen LogP contribution in [0.5, 0.6) is 17.2 Å². The molecule has 0 amide bonds. The second kappa shape index (κ2) is 11.1. The Hall–Kier alpha value is -3.84. The lowest BCUT2D eigenvalue weighted by Crippen LogP contribution is -2.40. The molecular formula is C22H28N4O9. The number of esters is 1. The molecule has 2 N–H and O–H groups in total. The zero-order chi connectivity index (χ0) is 25.7. The number of imidazole rings is 1. The van der Waals surface area contributed by atoms with Crippen LogP contribution in [0.15, 0.2) is 28.0 Å². The summed E-state index contributed by atoms with van der Waals surface area (Å²) >= 11 is 0. The summed E-state index contributed by atoms with van der Waals surface area (Å²) in [6.45, 7) is -0.632. The van der Waals surface area contributed by atoms with Gasteiger partial charge in [0.15, 0.2) is 22.7 Å². The number of carbonyl (C=O) groups excluding carboxylic acids is 1. The molecule has 0 bridgehead atoms. The molecule has 3 rings (SSSR count). The molecule has 0 fully saturated rings. The highest BCUT2D eigenvalue weighted by atomic mass is 16.5. The Balaban J connectivity index is 1.75. The first-order valence-corrected chi connectivity index (χ1v) is 10.7. The van der Waals surface area contributed by atoms with Crippen LogP contribution in [0, 0.1) is 0 Å². The molecule has 13 nitrogen and oxygen atoms in total. The molecule has 190 valence electrons. The zero-order valence-corrected chi connectivity index (χ0v) is 19.9. The van der Waals surface area contributed by atoms with Gasteiger partial charge < -0.3 is 33.7 Å². The largest absolute Gasteiger partial charge is 0.493 e. The molecule has 3 aromatic rings. The highest BCUT2D eigenvalue weighted by molar-refractivity contribution is 5.91. The van der Waals surface area contributed by atoms with Crippen molar-refractivity contribution in [2.45, 2.75) is 25.6 Å². The first kappa shape index (κ1) is 25.8. The molecule has 13 heteroatoms. The molecule has 2 aromatic heterocycles. The average molecular weight is 492 g/mol. The van der Waals surface area contributed by atoms with E-state index in [4.69, 9.17) is 24.1 Å². The summed E-state index contributed by atoms with van der Waals surface area (Å²) in [5, 5.41) is 18.8. The number of aryl methyl sites for hydroxylation is 1. The fourth-order valence-corrected chi connectivity index (χ4v) is 3.61. The van der Waals surface area contributed by atoms with Crippen LogP contribution in [0.25, 0.3) is 11.2 Å². The number of aliphatic hydroxyl groups is 2. The lowest BCUT2D eigenvalue weighted by atomic mass is 10.2. The number of rotatable bonds is 11. The van der Waals surface area contributed by atoms with Gasteiger partial charge in [-0.05, 0) is 18.6 Å². The van der Waals surface area contributed by atoms with Crippen molar-refractivity contribution in [3.05, 3.63) is 44.9 Å². The van der Waals surface area contributed by atoms with Crippen LogP contribution in [0.1, 0.15) is 16.8 Å². The van der Waals surface area contributed by atoms with E-state index in [0.717, 1.165) is 4.57 Å². The number of ether oxygens (including phenoxy) is 4. The number of hydrogen-bond donors (Lipinski definition) is 2. The number of aliphatic hydroxyl groups excluding tert-OH is 2. The molecule has 0 unspecified atom stereocenters. The smallest absolute Gasteiger partial charge is 0.338 e. The molecule has 2 heterocycles. The third-order valence-corrected chi connectivity index (χ3v) is 5.38. The van der Waals surface area contributed by atoms with Gasteiger partial charge in [-0.25, -0.2) is 14.6 Å². The molecule has 0 aliphatic heterocycles. The van der Waals surface area contributed by atoms with Gasteiger partial charge in [-0.3, -0.25) is 13.9 Å². The van der Waals surface area contributed by atoms with Gasteiger partial charge in [-0.1, -0.05) is 0 Å². The van der Waals surface area contributed by atoms with Crippen molar-refractivity contribution < 1.29 is 34.0 Å². The number of aromatic nitrogens is 4. The average Bonchev–Trinajstić information content (AvgIpc) is 3.29. The fraction of sp³-hybridized carbons (Fsp3) is 0.455. The number of benzene rings is 1. The van der Waals surface area contributed by atoms with Crippen LogP contribution >= 0.6 is 0 Å². The highest BCUT2D eigenvalue weighted by Crippen LogP contribution is 2.38. The van der Waals surface area contributed by atoms with Crippen molar-refractivity contribution in [3.8, 4) is 17.2 Å². The number of carbonyl (C=O) groups is 1. The zero-order valence-electron chi connectivity index (χ0n) is 19.9. The normalized spacial score (nSPS) is 11.9. The number of methoxy groups -OCH3 is 3. The standard InChI is InChI=1S/C22H28N4O9/c1-24-19-17(25(12-23-19)10-14(28)11-27)20(29)26(22(24)31)6-5-7-35-21(30)13-8-15(32-2)18(34-4)16(9-13)33-3/h8-9,12,14,27-28H,5-7,10-11H2,1-4H3/t14-/m1/s1. The summed E-state index contributed by atoms with van der Waals surface area (Å²) in [7, 11) is 5.78. The Morgan fingerprint density at radius 3 is 2.34 bits per heavy atom. The lowest BCUT2D eigenvalue weighted by molar-refractivity contribution is 0.0494. The topological polar surface area (TPSA) is 156 Å². The lowest BCUT2D eigenvalue weighted by Gasteiger charge is -2.14. The maximum absolute atomic E-state index is 13.0. The van der Waals surface area contributed by atoms with Crippen molar-refractivity contribution in [1.29, 1.82) is 0 Å². The van der Waals surface area contributed by atoms with Crippen LogP contribution in [0.2, 0.25) is 0 Å². The van der Waals surface area contributed by atoms with E-state index < -0.39 is 29.9 Å². The molecule has 1 aromatic carbocycles. The van der Waals surface area contributed by atoms with Gasteiger partial charge >= 0.3 is 11.7 Å². The van der Waals surface area contributed by atoms with Crippen molar-refractivity contribution in [2.24, 2.45) is 7.05 Å². The predicted molar refractivity (Wildman–Crippen MR) is 123 cm³/mol. The second-order valence-electron chi connectivity index (χ2n) is 7.61. The summed E-state index contributed by atoms with van der Waals surface area (Å²) < 4.78 is 24.6. The molecule has 0 spiro atoms. The molecule has 0 saturated heterocycles. The first-order chi connectivity index (χ1) is 16.8. The van der Waals surface area contributed by atoms with Crippen LogP contribution in [-0.4, -0.2) is 75.5 Å². The minimum Gasteiger partial charge on any atom is -0.493 e. The van der Waals surface area contributed by atoms with Crippen molar-refractivity contribution in [3.63, 3.8) is 0 Å². The van der Waals surface area contributed by atoms with Gasteiger partial charge in [-0.2, -0.15) is 0 Å². The van der Waals surface area contributed by atoms with Gasteiger partial charge in [0, 0.05) is 13.6 Å². The third kappa shape index (κ3) is 5.15. The molecule has 0 aliphatic carbocycles. The van der Waals surface area contributed by atoms with E-state index in [1.807, 2.05) is 0 Å². The quantitative estimate of drug-likeness (QED) is 0.265. The summed E-state index contributed by atoms with van der Waals surface area (Å²) in [5.41, 5.74) is -0.710. The van der Waals surface area contributed by atoms with Crippen LogP contribution < -0.4 is 25.5 Å². The molecule has 35 heavy (non-hydrogen) atoms. The van der Waals surface area contributed by atoms with E-state index in [1.165, 1.54) is 56.0 Å². The van der Waals surface area contributed by atoms with E-state index in [9.17, 15) is 19.5 Å². The van der Waals surface area contributed by atoms with Gasteiger partial charge in [-0.15, -0.1) is 0 Å². The Morgan fingerprint density at radius 2 is 1.77 bits per heavy atom. The maximum atomic E-state index is 13.0. The predicted octanol–water partition coefficient (Wildman–Crippen LogP) is -0.477. The fourth-order valence-electron chi connectivity index (χ4n) is 3.61. The molecular weight excluding hydrogens is 464 g/mol. The number of nitrogens with zero attached hydrogens (tertiary/aromatic N) is 4. The van der Waals surface area contributed by atoms with Crippen molar-refractivity contribution in [2.75, 3.05) is 34.5 Å². The van der Waals surface area contributed by atoms with Crippen molar-refractivity contribution >= 4 is 17.1 Å². The van der Waals surface area contributed by atoms with Crippen molar-refractivity contribution in [1.82, 2.24) is 18.7 Å². The highest BCUT2D eigenvalue weighted by Gasteiger charge is 2.19. The minimum absolute atomic E-state index is 0.0162. The van der Waals surface area contributed by atoms with Gasteiger partial charge in [0.05, 0.1) is 59.1 Å². The Bertz CT molecular complexity index is 1300. The molecule has 0 aliphatic rings. The van der Waals surface area contributed by atoms with E-state index in [2.05, 4.69) is 4.98 Å². The van der Waals surface area contributed by atoms with E-state index >= 15 is 0 Å². The van der Waals surface area contributed by atoms with Crippen LogP contribution in [0.3, 0.4) is 0 Å². The van der Waals surface area contributed by atoms with E-state index in [-0.39, 0.29) is 42.8 Å². The number of fused-ring (bicyclic) bond motifs is 1. The maximum Gasteiger partial charge on any atom is 0.338 e. The first-order valence-electron chi connectivity index (χ1n) is 10.7. The Labute approximate surface area is 199 Å². The summed E-state index contributed by atoms with van der Waals surface area (Å²) in [6, 6.07) is 2.92. The van der Waals surface area contributed by atoms with Gasteiger partial charge in [0.2, 0.25) is 5.75 Å².